The molecular weight excluding hydrogens is 240 g/mol. The molecule has 19 heavy (non-hydrogen) atoms. The van der Waals surface area contributed by atoms with Crippen LogP contribution < -0.4 is 11.1 Å². The molecule has 4 heteroatoms. The zero-order valence-corrected chi connectivity index (χ0v) is 12.9. The van der Waals surface area contributed by atoms with Gasteiger partial charge in [-0.2, -0.15) is 0 Å². The Labute approximate surface area is 117 Å². The number of hydrogen-bond acceptors (Lipinski definition) is 3. The van der Waals surface area contributed by atoms with Crippen LogP contribution in [0.4, 0.5) is 0 Å². The van der Waals surface area contributed by atoms with Crippen molar-refractivity contribution in [2.75, 3.05) is 13.7 Å². The van der Waals surface area contributed by atoms with E-state index in [1.807, 2.05) is 6.92 Å². The minimum atomic E-state index is -0.615. The van der Waals surface area contributed by atoms with E-state index in [2.05, 4.69) is 19.2 Å². The molecule has 1 aliphatic rings. The summed E-state index contributed by atoms with van der Waals surface area (Å²) in [6.45, 7) is 7.17. The summed E-state index contributed by atoms with van der Waals surface area (Å²) >= 11 is 0. The van der Waals surface area contributed by atoms with Gasteiger partial charge in [-0.05, 0) is 57.9 Å². The van der Waals surface area contributed by atoms with Gasteiger partial charge in [0.1, 0.15) is 0 Å². The van der Waals surface area contributed by atoms with Crippen LogP contribution in [0.25, 0.3) is 0 Å². The summed E-state index contributed by atoms with van der Waals surface area (Å²) in [7, 11) is 1.77. The second-order valence-corrected chi connectivity index (χ2v) is 6.46. The Hall–Kier alpha value is -0.610. The summed E-state index contributed by atoms with van der Waals surface area (Å²) in [6.07, 6.45) is 5.64. The highest BCUT2D eigenvalue weighted by Crippen LogP contribution is 2.30. The molecule has 0 saturated heterocycles. The lowest BCUT2D eigenvalue weighted by Crippen LogP contribution is -2.51. The lowest BCUT2D eigenvalue weighted by molar-refractivity contribution is -0.124. The number of primary amides is 1. The van der Waals surface area contributed by atoms with Crippen LogP contribution in [0.2, 0.25) is 0 Å². The Morgan fingerprint density at radius 2 is 1.89 bits per heavy atom. The second kappa shape index (κ2) is 7.25. The Morgan fingerprint density at radius 3 is 2.37 bits per heavy atom. The second-order valence-electron chi connectivity index (χ2n) is 6.46. The third-order valence-corrected chi connectivity index (χ3v) is 4.41. The molecule has 1 rings (SSSR count). The maximum Gasteiger partial charge on any atom is 0.237 e. The summed E-state index contributed by atoms with van der Waals surface area (Å²) < 4.78 is 5.96. The molecule has 0 heterocycles. The molecule has 0 aromatic carbocycles. The van der Waals surface area contributed by atoms with Gasteiger partial charge in [0.05, 0.1) is 11.6 Å². The summed E-state index contributed by atoms with van der Waals surface area (Å²) in [5, 5.41) is 3.00. The standard InChI is InChI=1S/C15H30N2O2/c1-11-8-12(2)10-13(9-11)19-7-5-6-15(3,17-4)14(16)18/h11-13,17H,5-10H2,1-4H3,(H2,16,18). The van der Waals surface area contributed by atoms with Crippen molar-refractivity contribution in [3.05, 3.63) is 0 Å². The fraction of sp³-hybridized carbons (Fsp3) is 0.933. The molecule has 0 aliphatic heterocycles. The average molecular weight is 270 g/mol. The van der Waals surface area contributed by atoms with Crippen LogP contribution in [0, 0.1) is 11.8 Å². The first-order valence-corrected chi connectivity index (χ1v) is 7.47. The number of rotatable bonds is 7. The van der Waals surface area contributed by atoms with Gasteiger partial charge >= 0.3 is 0 Å². The van der Waals surface area contributed by atoms with Crippen molar-refractivity contribution >= 4 is 5.91 Å². The van der Waals surface area contributed by atoms with Crippen LogP contribution in [0.15, 0.2) is 0 Å². The van der Waals surface area contributed by atoms with Gasteiger partial charge in [0.15, 0.2) is 0 Å². The number of ether oxygens (including phenoxy) is 1. The first kappa shape index (κ1) is 16.4. The maximum absolute atomic E-state index is 11.4. The van der Waals surface area contributed by atoms with Gasteiger partial charge < -0.3 is 15.8 Å². The number of hydrogen-bond donors (Lipinski definition) is 2. The van der Waals surface area contributed by atoms with E-state index < -0.39 is 5.54 Å². The molecule has 0 radical (unpaired) electrons. The van der Waals surface area contributed by atoms with E-state index in [0.29, 0.717) is 12.7 Å². The zero-order chi connectivity index (χ0) is 14.5. The molecule has 0 spiro atoms. The van der Waals surface area contributed by atoms with Crippen molar-refractivity contribution in [2.24, 2.45) is 17.6 Å². The summed E-state index contributed by atoms with van der Waals surface area (Å²) in [6, 6.07) is 0. The maximum atomic E-state index is 11.4. The van der Waals surface area contributed by atoms with Gasteiger partial charge in [-0.3, -0.25) is 4.79 Å². The van der Waals surface area contributed by atoms with Crippen molar-refractivity contribution in [1.29, 1.82) is 0 Å². The predicted octanol–water partition coefficient (Wildman–Crippen LogP) is 2.07. The Morgan fingerprint density at radius 1 is 1.32 bits per heavy atom. The van der Waals surface area contributed by atoms with Gasteiger partial charge in [-0.1, -0.05) is 13.8 Å². The predicted molar refractivity (Wildman–Crippen MR) is 77.8 cm³/mol. The average Bonchev–Trinajstić information content (AvgIpc) is 2.33. The third kappa shape index (κ3) is 5.11. The van der Waals surface area contributed by atoms with Crippen LogP contribution in [-0.2, 0) is 9.53 Å². The fourth-order valence-corrected chi connectivity index (χ4v) is 3.06. The number of nitrogens with two attached hydrogens (primary N) is 1. The zero-order valence-electron chi connectivity index (χ0n) is 12.9. The Kier molecular flexibility index (Phi) is 6.27. The molecule has 1 fully saturated rings. The molecule has 3 atom stereocenters. The molecular formula is C15H30N2O2. The van der Waals surface area contributed by atoms with E-state index in [0.717, 1.165) is 24.7 Å². The summed E-state index contributed by atoms with van der Waals surface area (Å²) in [5.74, 6) is 1.23. The molecule has 1 aliphatic carbocycles. The number of nitrogens with one attached hydrogen (secondary N) is 1. The molecule has 1 amide bonds. The van der Waals surface area contributed by atoms with Crippen LogP contribution in [-0.4, -0.2) is 31.2 Å². The number of carbonyl (C=O) groups is 1. The third-order valence-electron chi connectivity index (χ3n) is 4.41. The molecule has 0 aromatic rings. The topological polar surface area (TPSA) is 64.3 Å². The van der Waals surface area contributed by atoms with Gasteiger partial charge in [0, 0.05) is 6.61 Å². The molecule has 112 valence electrons. The van der Waals surface area contributed by atoms with Crippen LogP contribution in [0.3, 0.4) is 0 Å². The summed E-state index contributed by atoms with van der Waals surface area (Å²) in [4.78, 5) is 11.4. The quantitative estimate of drug-likeness (QED) is 0.696. The Bertz CT molecular complexity index is 286. The van der Waals surface area contributed by atoms with E-state index in [-0.39, 0.29) is 5.91 Å². The highest BCUT2D eigenvalue weighted by atomic mass is 16.5. The van der Waals surface area contributed by atoms with Crippen molar-refractivity contribution in [2.45, 2.75) is 64.5 Å². The monoisotopic (exact) mass is 270 g/mol. The number of likely N-dealkylation sites (N-methyl/N-ethyl adjacent to an activating group) is 1. The van der Waals surface area contributed by atoms with Crippen molar-refractivity contribution < 1.29 is 9.53 Å². The lowest BCUT2D eigenvalue weighted by Gasteiger charge is -2.32. The van der Waals surface area contributed by atoms with Crippen LogP contribution in [0.1, 0.15) is 52.9 Å². The summed E-state index contributed by atoms with van der Waals surface area (Å²) in [5.41, 5.74) is 4.79. The molecule has 3 N–H and O–H groups in total. The first-order valence-electron chi connectivity index (χ1n) is 7.47. The fourth-order valence-electron chi connectivity index (χ4n) is 3.06. The molecule has 0 bridgehead atoms. The molecule has 3 unspecified atom stereocenters. The van der Waals surface area contributed by atoms with Gasteiger partial charge in [0.25, 0.3) is 0 Å². The minimum absolute atomic E-state index is 0.296. The van der Waals surface area contributed by atoms with E-state index in [4.69, 9.17) is 10.5 Å². The molecule has 0 aromatic heterocycles. The van der Waals surface area contributed by atoms with Gasteiger partial charge in [-0.25, -0.2) is 0 Å². The van der Waals surface area contributed by atoms with Gasteiger partial charge in [-0.15, -0.1) is 0 Å². The van der Waals surface area contributed by atoms with Crippen molar-refractivity contribution in [1.82, 2.24) is 5.32 Å². The van der Waals surface area contributed by atoms with Crippen LogP contribution in [0.5, 0.6) is 0 Å². The van der Waals surface area contributed by atoms with Crippen LogP contribution >= 0.6 is 0 Å². The lowest BCUT2D eigenvalue weighted by atomic mass is 9.82. The Balaban J connectivity index is 2.25. The van der Waals surface area contributed by atoms with E-state index >= 15 is 0 Å². The first-order chi connectivity index (χ1) is 8.87. The highest BCUT2D eigenvalue weighted by Gasteiger charge is 2.29. The number of amides is 1. The smallest absolute Gasteiger partial charge is 0.237 e. The molecule has 1 saturated carbocycles. The van der Waals surface area contributed by atoms with E-state index in [1.54, 1.807) is 7.05 Å². The molecule has 4 nitrogen and oxygen atoms in total. The van der Waals surface area contributed by atoms with E-state index in [9.17, 15) is 4.79 Å². The SMILES string of the molecule is CNC(C)(CCCOC1CC(C)CC(C)C1)C(N)=O. The highest BCUT2D eigenvalue weighted by molar-refractivity contribution is 5.84. The largest absolute Gasteiger partial charge is 0.378 e. The van der Waals surface area contributed by atoms with E-state index in [1.165, 1.54) is 19.3 Å². The normalized spacial score (nSPS) is 30.8. The van der Waals surface area contributed by atoms with Crippen molar-refractivity contribution in [3.8, 4) is 0 Å². The van der Waals surface area contributed by atoms with Crippen molar-refractivity contribution in [3.63, 3.8) is 0 Å². The number of carbonyl (C=O) groups excluding carboxylic acids is 1. The minimum Gasteiger partial charge on any atom is -0.378 e. The van der Waals surface area contributed by atoms with Gasteiger partial charge in [0.2, 0.25) is 5.91 Å².